The summed E-state index contributed by atoms with van der Waals surface area (Å²) in [6.45, 7) is 1.87. The topological polar surface area (TPSA) is 78.8 Å². The van der Waals surface area contributed by atoms with E-state index in [9.17, 15) is 13.5 Å². The molecule has 2 aromatic carbocycles. The number of benzene rings is 2. The number of aryl methyl sites for hydroxylation is 1. The monoisotopic (exact) mass is 290 g/mol. The van der Waals surface area contributed by atoms with Gasteiger partial charge in [0.2, 0.25) is 0 Å². The molecular weight excluding hydrogens is 276 g/mol. The fraction of sp³-hybridized carbons (Fsp3) is 0.0714. The summed E-state index contributed by atoms with van der Waals surface area (Å²) in [6.07, 6.45) is 1.27. The summed E-state index contributed by atoms with van der Waals surface area (Å²) in [7, 11) is -3.68. The van der Waals surface area contributed by atoms with E-state index in [0.717, 1.165) is 5.56 Å². The van der Waals surface area contributed by atoms with E-state index in [2.05, 4.69) is 9.93 Å². The standard InChI is InChI=1S/C14H14N2O3S/c1-11-7-8-14(17)12(9-11)10-15-16-20(18,19)13-5-3-2-4-6-13/h2-10,16-17H,1H3/b15-10+. The van der Waals surface area contributed by atoms with Crippen molar-refractivity contribution in [2.75, 3.05) is 0 Å². The number of hydrogen-bond donors (Lipinski definition) is 2. The fourth-order valence-electron chi connectivity index (χ4n) is 1.59. The Hall–Kier alpha value is -2.34. The minimum Gasteiger partial charge on any atom is -0.507 e. The second-order valence-electron chi connectivity index (χ2n) is 4.23. The molecule has 2 N–H and O–H groups in total. The molecule has 0 radical (unpaired) electrons. The van der Waals surface area contributed by atoms with Gasteiger partial charge in [0.25, 0.3) is 10.0 Å². The molecule has 2 aromatic rings. The van der Waals surface area contributed by atoms with E-state index < -0.39 is 10.0 Å². The Balaban J connectivity index is 2.16. The van der Waals surface area contributed by atoms with E-state index in [1.54, 1.807) is 30.3 Å². The van der Waals surface area contributed by atoms with Crippen molar-refractivity contribution < 1.29 is 13.5 Å². The highest BCUT2D eigenvalue weighted by Crippen LogP contribution is 2.15. The van der Waals surface area contributed by atoms with Gasteiger partial charge in [-0.2, -0.15) is 13.5 Å². The van der Waals surface area contributed by atoms with Gasteiger partial charge in [-0.25, -0.2) is 4.83 Å². The highest BCUT2D eigenvalue weighted by atomic mass is 32.2. The molecule has 2 rings (SSSR count). The van der Waals surface area contributed by atoms with Crippen LogP contribution in [0.5, 0.6) is 5.75 Å². The lowest BCUT2D eigenvalue weighted by atomic mass is 10.1. The molecule has 5 nitrogen and oxygen atoms in total. The maximum atomic E-state index is 11.9. The van der Waals surface area contributed by atoms with Crippen molar-refractivity contribution in [1.29, 1.82) is 0 Å². The third-order valence-electron chi connectivity index (χ3n) is 2.61. The smallest absolute Gasteiger partial charge is 0.276 e. The first kappa shape index (κ1) is 14.1. The Morgan fingerprint density at radius 3 is 2.55 bits per heavy atom. The number of aromatic hydroxyl groups is 1. The number of nitrogens with zero attached hydrogens (tertiary/aromatic N) is 1. The zero-order valence-electron chi connectivity index (χ0n) is 10.8. The molecule has 0 saturated heterocycles. The minimum atomic E-state index is -3.68. The third kappa shape index (κ3) is 3.36. The Morgan fingerprint density at radius 2 is 1.85 bits per heavy atom. The molecule has 0 amide bonds. The molecule has 104 valence electrons. The van der Waals surface area contributed by atoms with Crippen LogP contribution in [0, 0.1) is 6.92 Å². The largest absolute Gasteiger partial charge is 0.507 e. The second-order valence-corrected chi connectivity index (χ2v) is 5.89. The van der Waals surface area contributed by atoms with Gasteiger partial charge in [0.05, 0.1) is 11.1 Å². The molecule has 0 aliphatic carbocycles. The number of hydrogen-bond acceptors (Lipinski definition) is 4. The molecule has 0 atom stereocenters. The quantitative estimate of drug-likeness (QED) is 0.668. The van der Waals surface area contributed by atoms with Crippen molar-refractivity contribution in [3.05, 3.63) is 59.7 Å². The molecule has 6 heteroatoms. The Kier molecular flexibility index (Phi) is 4.05. The van der Waals surface area contributed by atoms with Gasteiger partial charge in [0.15, 0.2) is 0 Å². The average molecular weight is 290 g/mol. The fourth-order valence-corrected chi connectivity index (χ4v) is 2.41. The number of sulfonamides is 1. The van der Waals surface area contributed by atoms with Gasteiger partial charge in [-0.15, -0.1) is 0 Å². The lowest BCUT2D eigenvalue weighted by molar-refractivity contribution is 0.474. The minimum absolute atomic E-state index is 0.0401. The van der Waals surface area contributed by atoms with Crippen LogP contribution in [0.25, 0.3) is 0 Å². The molecule has 0 saturated carbocycles. The molecule has 0 fully saturated rings. The molecular formula is C14H14N2O3S. The predicted octanol–water partition coefficient (Wildman–Crippen LogP) is 2.01. The van der Waals surface area contributed by atoms with Crippen LogP contribution in [0.15, 0.2) is 58.5 Å². The first-order chi connectivity index (χ1) is 9.49. The van der Waals surface area contributed by atoms with Gasteiger partial charge >= 0.3 is 0 Å². The maximum absolute atomic E-state index is 11.9. The van der Waals surface area contributed by atoms with Crippen LogP contribution in [0.4, 0.5) is 0 Å². The summed E-state index contributed by atoms with van der Waals surface area (Å²) in [6, 6.07) is 12.9. The molecule has 20 heavy (non-hydrogen) atoms. The summed E-state index contributed by atoms with van der Waals surface area (Å²) in [5, 5.41) is 13.3. The summed E-state index contributed by atoms with van der Waals surface area (Å²) < 4.78 is 23.8. The van der Waals surface area contributed by atoms with Crippen LogP contribution in [0.1, 0.15) is 11.1 Å². The van der Waals surface area contributed by atoms with Crippen molar-refractivity contribution in [3.63, 3.8) is 0 Å². The zero-order chi connectivity index (χ0) is 14.6. The van der Waals surface area contributed by atoms with Crippen molar-refractivity contribution >= 4 is 16.2 Å². The average Bonchev–Trinajstić information content (AvgIpc) is 2.43. The molecule has 0 aliphatic rings. The summed E-state index contributed by atoms with van der Waals surface area (Å²) in [5.74, 6) is 0.0401. The molecule has 0 unspecified atom stereocenters. The highest BCUT2D eigenvalue weighted by Gasteiger charge is 2.11. The molecule has 0 aromatic heterocycles. The Morgan fingerprint density at radius 1 is 1.15 bits per heavy atom. The first-order valence-corrected chi connectivity index (χ1v) is 7.37. The van der Waals surface area contributed by atoms with E-state index in [-0.39, 0.29) is 10.6 Å². The number of phenols is 1. The predicted molar refractivity (Wildman–Crippen MR) is 77.2 cm³/mol. The molecule has 0 bridgehead atoms. The lowest BCUT2D eigenvalue weighted by Crippen LogP contribution is -2.18. The van der Waals surface area contributed by atoms with Gasteiger partial charge in [-0.05, 0) is 31.2 Å². The Bertz CT molecular complexity index is 725. The number of hydrazone groups is 1. The summed E-state index contributed by atoms with van der Waals surface area (Å²) >= 11 is 0. The van der Waals surface area contributed by atoms with Crippen molar-refractivity contribution in [2.45, 2.75) is 11.8 Å². The van der Waals surface area contributed by atoms with Crippen LogP contribution >= 0.6 is 0 Å². The van der Waals surface area contributed by atoms with Crippen molar-refractivity contribution in [2.24, 2.45) is 5.10 Å². The van der Waals surface area contributed by atoms with Crippen molar-refractivity contribution in [3.8, 4) is 5.75 Å². The number of rotatable bonds is 4. The van der Waals surface area contributed by atoms with Gasteiger partial charge < -0.3 is 5.11 Å². The van der Waals surface area contributed by atoms with Gasteiger partial charge in [0.1, 0.15) is 5.75 Å². The van der Waals surface area contributed by atoms with Crippen LogP contribution in [0.3, 0.4) is 0 Å². The maximum Gasteiger partial charge on any atom is 0.276 e. The highest BCUT2D eigenvalue weighted by molar-refractivity contribution is 7.89. The van der Waals surface area contributed by atoms with Gasteiger partial charge in [-0.1, -0.05) is 29.8 Å². The third-order valence-corrected chi connectivity index (χ3v) is 3.85. The van der Waals surface area contributed by atoms with Crippen LogP contribution in [-0.2, 0) is 10.0 Å². The van der Waals surface area contributed by atoms with E-state index in [0.29, 0.717) is 5.56 Å². The van der Waals surface area contributed by atoms with E-state index in [4.69, 9.17) is 0 Å². The SMILES string of the molecule is Cc1ccc(O)c(/C=N/NS(=O)(=O)c2ccccc2)c1. The number of nitrogens with one attached hydrogen (secondary N) is 1. The van der Waals surface area contributed by atoms with Crippen molar-refractivity contribution in [1.82, 2.24) is 4.83 Å². The zero-order valence-corrected chi connectivity index (χ0v) is 11.6. The van der Waals surface area contributed by atoms with E-state index in [1.807, 2.05) is 6.92 Å². The molecule has 0 spiro atoms. The van der Waals surface area contributed by atoms with Crippen LogP contribution in [0.2, 0.25) is 0 Å². The van der Waals surface area contributed by atoms with E-state index in [1.165, 1.54) is 24.4 Å². The van der Waals surface area contributed by atoms with Gasteiger partial charge in [-0.3, -0.25) is 0 Å². The van der Waals surface area contributed by atoms with Crippen LogP contribution in [-0.4, -0.2) is 19.7 Å². The van der Waals surface area contributed by atoms with Gasteiger partial charge in [0, 0.05) is 5.56 Å². The summed E-state index contributed by atoms with van der Waals surface area (Å²) in [5.41, 5.74) is 1.39. The molecule has 0 aliphatic heterocycles. The van der Waals surface area contributed by atoms with E-state index >= 15 is 0 Å². The lowest BCUT2D eigenvalue weighted by Gasteiger charge is -2.03. The molecule has 0 heterocycles. The second kappa shape index (κ2) is 5.75. The first-order valence-electron chi connectivity index (χ1n) is 5.88. The normalized spacial score (nSPS) is 11.7. The Labute approximate surface area is 117 Å². The number of phenolic OH excluding ortho intramolecular Hbond substituents is 1. The summed E-state index contributed by atoms with van der Waals surface area (Å²) in [4.78, 5) is 2.23. The van der Waals surface area contributed by atoms with Crippen LogP contribution < -0.4 is 4.83 Å².